The zero-order chi connectivity index (χ0) is 14.8. The first-order chi connectivity index (χ1) is 10.2. The fourth-order valence-electron chi connectivity index (χ4n) is 1.82. The molecular formula is C13H11Cl2N5O. The number of rotatable bonds is 4. The second kappa shape index (κ2) is 5.85. The van der Waals surface area contributed by atoms with E-state index in [0.29, 0.717) is 40.5 Å². The second-order valence-corrected chi connectivity index (χ2v) is 5.15. The first kappa shape index (κ1) is 14.1. The van der Waals surface area contributed by atoms with Gasteiger partial charge in [-0.25, -0.2) is 4.98 Å². The molecule has 1 aromatic carbocycles. The third-order valence-electron chi connectivity index (χ3n) is 2.84. The van der Waals surface area contributed by atoms with E-state index in [1.165, 1.54) is 0 Å². The van der Waals surface area contributed by atoms with Crippen LogP contribution in [0.4, 0.5) is 0 Å². The lowest BCUT2D eigenvalue weighted by atomic mass is 10.2. The van der Waals surface area contributed by atoms with Crippen molar-refractivity contribution in [1.82, 2.24) is 19.7 Å². The number of benzene rings is 1. The number of hydrogen-bond acceptors (Lipinski definition) is 5. The molecule has 0 aliphatic carbocycles. The molecule has 0 aliphatic rings. The van der Waals surface area contributed by atoms with Gasteiger partial charge in [-0.1, -0.05) is 28.4 Å². The number of hydrogen-bond donors (Lipinski definition) is 1. The normalized spacial score (nSPS) is 11.0. The van der Waals surface area contributed by atoms with Crippen LogP contribution in [0.15, 0.2) is 35.2 Å². The van der Waals surface area contributed by atoms with Crippen LogP contribution in [0.1, 0.15) is 0 Å². The van der Waals surface area contributed by atoms with E-state index in [0.717, 1.165) is 5.56 Å². The van der Waals surface area contributed by atoms with Crippen molar-refractivity contribution in [2.45, 2.75) is 6.54 Å². The van der Waals surface area contributed by atoms with Crippen LogP contribution >= 0.6 is 23.2 Å². The van der Waals surface area contributed by atoms with Gasteiger partial charge in [-0.05, 0) is 18.2 Å². The Labute approximate surface area is 130 Å². The van der Waals surface area contributed by atoms with Crippen molar-refractivity contribution in [2.24, 2.45) is 5.73 Å². The first-order valence-electron chi connectivity index (χ1n) is 6.18. The van der Waals surface area contributed by atoms with E-state index >= 15 is 0 Å². The van der Waals surface area contributed by atoms with Crippen LogP contribution < -0.4 is 5.73 Å². The number of aromatic nitrogens is 4. The molecule has 21 heavy (non-hydrogen) atoms. The molecule has 6 nitrogen and oxygen atoms in total. The van der Waals surface area contributed by atoms with Crippen LogP contribution in [0.2, 0.25) is 10.0 Å². The van der Waals surface area contributed by atoms with E-state index in [-0.39, 0.29) is 0 Å². The average Bonchev–Trinajstić information content (AvgIpc) is 3.11. The molecule has 2 aromatic heterocycles. The lowest BCUT2D eigenvalue weighted by molar-refractivity contribution is 0.431. The molecule has 3 aromatic rings. The van der Waals surface area contributed by atoms with Gasteiger partial charge in [0.25, 0.3) is 5.89 Å². The van der Waals surface area contributed by atoms with Gasteiger partial charge in [-0.15, -0.1) is 0 Å². The van der Waals surface area contributed by atoms with Crippen molar-refractivity contribution in [1.29, 1.82) is 0 Å². The van der Waals surface area contributed by atoms with Crippen molar-refractivity contribution in [3.63, 3.8) is 0 Å². The molecule has 0 aliphatic heterocycles. The number of nitrogens with zero attached hydrogens (tertiary/aromatic N) is 4. The van der Waals surface area contributed by atoms with Gasteiger partial charge in [-0.3, -0.25) is 0 Å². The number of halogens is 2. The molecule has 0 bridgehead atoms. The van der Waals surface area contributed by atoms with Crippen LogP contribution in [0.5, 0.6) is 0 Å². The van der Waals surface area contributed by atoms with Gasteiger partial charge >= 0.3 is 0 Å². The minimum absolute atomic E-state index is 0.340. The highest BCUT2D eigenvalue weighted by Gasteiger charge is 2.13. The lowest BCUT2D eigenvalue weighted by Crippen LogP contribution is -2.07. The van der Waals surface area contributed by atoms with Gasteiger partial charge in [0, 0.05) is 24.8 Å². The summed E-state index contributed by atoms with van der Waals surface area (Å²) in [7, 11) is 0. The quantitative estimate of drug-likeness (QED) is 0.798. The van der Waals surface area contributed by atoms with E-state index < -0.39 is 0 Å². The van der Waals surface area contributed by atoms with E-state index in [1.54, 1.807) is 30.7 Å². The SMILES string of the molecule is NCCn1cnc(-c2nc(-c3ccc(Cl)c(Cl)c3)no2)c1. The summed E-state index contributed by atoms with van der Waals surface area (Å²) in [6.45, 7) is 1.22. The summed E-state index contributed by atoms with van der Waals surface area (Å²) < 4.78 is 7.08. The average molecular weight is 324 g/mol. The number of imidazole rings is 1. The van der Waals surface area contributed by atoms with Crippen LogP contribution in [0.3, 0.4) is 0 Å². The molecule has 108 valence electrons. The molecule has 0 saturated heterocycles. The summed E-state index contributed by atoms with van der Waals surface area (Å²) in [5, 5.41) is 4.84. The second-order valence-electron chi connectivity index (χ2n) is 4.34. The molecule has 0 unspecified atom stereocenters. The Morgan fingerprint density at radius 1 is 1.24 bits per heavy atom. The number of nitrogens with two attached hydrogens (primary N) is 1. The standard InChI is InChI=1S/C13H11Cl2N5O/c14-9-2-1-8(5-10(9)15)12-18-13(21-19-12)11-6-20(4-3-16)7-17-11/h1-2,5-7H,3-4,16H2. The molecule has 0 atom stereocenters. The van der Waals surface area contributed by atoms with Gasteiger partial charge in [0.15, 0.2) is 0 Å². The molecule has 0 saturated carbocycles. The zero-order valence-electron chi connectivity index (χ0n) is 10.8. The highest BCUT2D eigenvalue weighted by atomic mass is 35.5. The van der Waals surface area contributed by atoms with Crippen molar-refractivity contribution >= 4 is 23.2 Å². The Bertz CT molecular complexity index is 768. The van der Waals surface area contributed by atoms with Crippen molar-refractivity contribution < 1.29 is 4.52 Å². The van der Waals surface area contributed by atoms with E-state index in [4.69, 9.17) is 33.5 Å². The molecule has 0 spiro atoms. The largest absolute Gasteiger partial charge is 0.335 e. The van der Waals surface area contributed by atoms with E-state index in [2.05, 4.69) is 15.1 Å². The Balaban J connectivity index is 1.89. The smallest absolute Gasteiger partial charge is 0.278 e. The van der Waals surface area contributed by atoms with Gasteiger partial charge in [-0.2, -0.15) is 4.98 Å². The predicted octanol–water partition coefficient (Wildman–Crippen LogP) is 2.87. The zero-order valence-corrected chi connectivity index (χ0v) is 12.3. The molecule has 3 rings (SSSR count). The fraction of sp³-hybridized carbons (Fsp3) is 0.154. The van der Waals surface area contributed by atoms with Crippen molar-refractivity contribution in [3.05, 3.63) is 40.8 Å². The molecule has 0 amide bonds. The Kier molecular flexibility index (Phi) is 3.92. The van der Waals surface area contributed by atoms with Crippen LogP contribution in [-0.4, -0.2) is 26.2 Å². The topological polar surface area (TPSA) is 82.8 Å². The molecular weight excluding hydrogens is 313 g/mol. The molecule has 2 N–H and O–H groups in total. The maximum absolute atomic E-state index is 5.98. The summed E-state index contributed by atoms with van der Waals surface area (Å²) in [6, 6.07) is 5.15. The van der Waals surface area contributed by atoms with Crippen molar-refractivity contribution in [2.75, 3.05) is 6.54 Å². The molecule has 0 fully saturated rings. The van der Waals surface area contributed by atoms with Crippen LogP contribution in [0, 0.1) is 0 Å². The van der Waals surface area contributed by atoms with E-state index in [1.807, 2.05) is 4.57 Å². The van der Waals surface area contributed by atoms with Crippen LogP contribution in [-0.2, 0) is 6.54 Å². The highest BCUT2D eigenvalue weighted by Crippen LogP contribution is 2.28. The molecule has 8 heteroatoms. The third kappa shape index (κ3) is 2.92. The summed E-state index contributed by atoms with van der Waals surface area (Å²) in [4.78, 5) is 8.52. The third-order valence-corrected chi connectivity index (χ3v) is 3.58. The highest BCUT2D eigenvalue weighted by molar-refractivity contribution is 6.42. The minimum Gasteiger partial charge on any atom is -0.335 e. The van der Waals surface area contributed by atoms with Gasteiger partial charge in [0.2, 0.25) is 5.82 Å². The Hall–Kier alpha value is -1.89. The minimum atomic E-state index is 0.340. The van der Waals surface area contributed by atoms with Crippen LogP contribution in [0.25, 0.3) is 23.0 Å². The summed E-state index contributed by atoms with van der Waals surface area (Å²) in [5.74, 6) is 0.767. The summed E-state index contributed by atoms with van der Waals surface area (Å²) in [5.41, 5.74) is 6.81. The monoisotopic (exact) mass is 323 g/mol. The van der Waals surface area contributed by atoms with Gasteiger partial charge in [0.05, 0.1) is 16.4 Å². The maximum Gasteiger partial charge on any atom is 0.278 e. The Morgan fingerprint density at radius 3 is 2.86 bits per heavy atom. The predicted molar refractivity (Wildman–Crippen MR) is 80.0 cm³/mol. The summed E-state index contributed by atoms with van der Waals surface area (Å²) >= 11 is 11.9. The van der Waals surface area contributed by atoms with Gasteiger partial charge in [0.1, 0.15) is 5.69 Å². The molecule has 2 heterocycles. The Morgan fingerprint density at radius 2 is 2.10 bits per heavy atom. The molecule has 0 radical (unpaired) electrons. The fourth-order valence-corrected chi connectivity index (χ4v) is 2.12. The first-order valence-corrected chi connectivity index (χ1v) is 6.94. The van der Waals surface area contributed by atoms with Crippen molar-refractivity contribution in [3.8, 4) is 23.0 Å². The maximum atomic E-state index is 5.98. The van der Waals surface area contributed by atoms with E-state index in [9.17, 15) is 0 Å². The van der Waals surface area contributed by atoms with Gasteiger partial charge < -0.3 is 14.8 Å². The lowest BCUT2D eigenvalue weighted by Gasteiger charge is -1.97. The summed E-state index contributed by atoms with van der Waals surface area (Å²) in [6.07, 6.45) is 3.48.